The molecule has 1 aliphatic carbocycles. The van der Waals surface area contributed by atoms with Crippen molar-refractivity contribution < 1.29 is 9.36 Å². The van der Waals surface area contributed by atoms with Crippen LogP contribution >= 0.6 is 0 Å². The third-order valence-corrected chi connectivity index (χ3v) is 6.08. The van der Waals surface area contributed by atoms with Gasteiger partial charge in [0.2, 0.25) is 5.52 Å². The van der Waals surface area contributed by atoms with Gasteiger partial charge in [-0.15, -0.1) is 0 Å². The summed E-state index contributed by atoms with van der Waals surface area (Å²) in [6.07, 6.45) is 19.8. The molecular weight excluding hydrogens is 404 g/mol. The number of carbonyl (C=O) groups excluding carboxylic acids is 1. The number of aromatic nitrogens is 1. The molecule has 1 aromatic heterocycles. The van der Waals surface area contributed by atoms with Crippen LogP contribution in [0.15, 0.2) is 121 Å². The maximum absolute atomic E-state index is 12.5. The summed E-state index contributed by atoms with van der Waals surface area (Å²) < 4.78 is 2.12. The van der Waals surface area contributed by atoms with Gasteiger partial charge in [-0.1, -0.05) is 60.7 Å². The molecule has 3 aromatic rings. The topological polar surface area (TPSA) is 24.2 Å². The number of nitrogens with zero attached hydrogens (tertiary/aromatic N) is 2. The number of rotatable bonds is 3. The lowest BCUT2D eigenvalue weighted by Gasteiger charge is -2.23. The van der Waals surface area contributed by atoms with Crippen molar-refractivity contribution >= 4 is 34.0 Å². The zero-order valence-electron chi connectivity index (χ0n) is 18.8. The minimum Gasteiger partial charge on any atom is -0.351 e. The molecule has 3 heteroatoms. The van der Waals surface area contributed by atoms with E-state index >= 15 is 0 Å². The Balaban J connectivity index is 1.46. The Hall–Kier alpha value is -4.24. The summed E-state index contributed by atoms with van der Waals surface area (Å²) in [5.74, 6) is 0.0198. The van der Waals surface area contributed by atoms with Crippen molar-refractivity contribution in [1.29, 1.82) is 0 Å². The molecule has 0 saturated heterocycles. The average molecular weight is 430 g/mol. The monoisotopic (exact) mass is 429 g/mol. The fraction of sp³-hybridized carbons (Fsp3) is 0.0667. The number of hydrogen-bond donors (Lipinski definition) is 0. The number of pyridine rings is 1. The van der Waals surface area contributed by atoms with Crippen LogP contribution in [0.5, 0.6) is 0 Å². The molecule has 2 aromatic carbocycles. The first-order valence-electron chi connectivity index (χ1n) is 11.0. The lowest BCUT2D eigenvalue weighted by Crippen LogP contribution is -2.28. The van der Waals surface area contributed by atoms with Crippen LogP contribution in [0.3, 0.4) is 0 Å². The van der Waals surface area contributed by atoms with Crippen LogP contribution < -0.4 is 9.47 Å². The average Bonchev–Trinajstić information content (AvgIpc) is 2.85. The van der Waals surface area contributed by atoms with Crippen LogP contribution in [0.2, 0.25) is 0 Å². The van der Waals surface area contributed by atoms with E-state index in [-0.39, 0.29) is 5.78 Å². The number of aryl methyl sites for hydroxylation is 1. The van der Waals surface area contributed by atoms with E-state index in [1.165, 1.54) is 10.9 Å². The molecule has 5 rings (SSSR count). The lowest BCUT2D eigenvalue weighted by molar-refractivity contribution is -0.644. The first kappa shape index (κ1) is 20.7. The van der Waals surface area contributed by atoms with E-state index < -0.39 is 0 Å². The Morgan fingerprint density at radius 2 is 1.64 bits per heavy atom. The minimum atomic E-state index is 0.0198. The second-order valence-electron chi connectivity index (χ2n) is 8.26. The highest BCUT2D eigenvalue weighted by Gasteiger charge is 2.13. The van der Waals surface area contributed by atoms with Crippen molar-refractivity contribution in [3.8, 4) is 0 Å². The van der Waals surface area contributed by atoms with E-state index in [4.69, 9.17) is 0 Å². The van der Waals surface area contributed by atoms with Gasteiger partial charge in [0.25, 0.3) is 0 Å². The molecular formula is C30H25N2O+. The van der Waals surface area contributed by atoms with Gasteiger partial charge >= 0.3 is 0 Å². The largest absolute Gasteiger partial charge is 0.351 e. The van der Waals surface area contributed by atoms with Gasteiger partial charge in [-0.2, -0.15) is 0 Å². The predicted molar refractivity (Wildman–Crippen MR) is 136 cm³/mol. The van der Waals surface area contributed by atoms with E-state index in [9.17, 15) is 4.79 Å². The summed E-state index contributed by atoms with van der Waals surface area (Å²) in [7, 11) is 4.09. The number of carbonyl (C=O) groups is 1. The Morgan fingerprint density at radius 3 is 2.55 bits per heavy atom. The van der Waals surface area contributed by atoms with Crippen LogP contribution in [-0.2, 0) is 11.8 Å². The highest BCUT2D eigenvalue weighted by atomic mass is 16.1. The summed E-state index contributed by atoms with van der Waals surface area (Å²) in [4.78, 5) is 14.6. The SMILES string of the molecule is CN1C=CC(=CC=C2C=C(C=Cc3cc[n+](C)c4ccccc34)C=CC2=O)c2ccccc21. The number of para-hydroxylation sites is 2. The van der Waals surface area contributed by atoms with Gasteiger partial charge in [0.1, 0.15) is 7.05 Å². The zero-order valence-corrected chi connectivity index (χ0v) is 18.8. The molecule has 3 nitrogen and oxygen atoms in total. The molecule has 0 N–H and O–H groups in total. The summed E-state index contributed by atoms with van der Waals surface area (Å²) in [5.41, 5.74) is 7.41. The fourth-order valence-electron chi connectivity index (χ4n) is 4.23. The van der Waals surface area contributed by atoms with E-state index in [2.05, 4.69) is 83.4 Å². The second-order valence-corrected chi connectivity index (χ2v) is 8.26. The van der Waals surface area contributed by atoms with Gasteiger partial charge in [0.15, 0.2) is 12.0 Å². The molecule has 0 radical (unpaired) electrons. The van der Waals surface area contributed by atoms with E-state index in [0.29, 0.717) is 5.57 Å². The summed E-state index contributed by atoms with van der Waals surface area (Å²) >= 11 is 0. The molecule has 2 heterocycles. The molecule has 0 atom stereocenters. The first-order chi connectivity index (χ1) is 16.1. The van der Waals surface area contributed by atoms with Gasteiger partial charge < -0.3 is 4.90 Å². The van der Waals surface area contributed by atoms with Crippen LogP contribution in [0.1, 0.15) is 11.1 Å². The van der Waals surface area contributed by atoms with Crippen LogP contribution in [-0.4, -0.2) is 12.8 Å². The smallest absolute Gasteiger partial charge is 0.212 e. The van der Waals surface area contributed by atoms with Crippen molar-refractivity contribution in [2.45, 2.75) is 0 Å². The molecule has 0 unspecified atom stereocenters. The van der Waals surface area contributed by atoms with Gasteiger partial charge in [-0.3, -0.25) is 4.79 Å². The Kier molecular flexibility index (Phi) is 5.45. The maximum atomic E-state index is 12.5. The molecule has 0 spiro atoms. The molecule has 1 aliphatic heterocycles. The highest BCUT2D eigenvalue weighted by Crippen LogP contribution is 2.32. The summed E-state index contributed by atoms with van der Waals surface area (Å²) in [6, 6.07) is 18.8. The predicted octanol–water partition coefficient (Wildman–Crippen LogP) is 5.72. The van der Waals surface area contributed by atoms with Crippen molar-refractivity contribution in [2.24, 2.45) is 7.05 Å². The number of allylic oxidation sites excluding steroid dienone is 10. The highest BCUT2D eigenvalue weighted by molar-refractivity contribution is 6.08. The van der Waals surface area contributed by atoms with Crippen molar-refractivity contribution in [2.75, 3.05) is 11.9 Å². The van der Waals surface area contributed by atoms with Crippen molar-refractivity contribution in [3.05, 3.63) is 132 Å². The first-order valence-corrected chi connectivity index (χ1v) is 11.0. The molecule has 160 valence electrons. The quantitative estimate of drug-likeness (QED) is 0.393. The van der Waals surface area contributed by atoms with Gasteiger partial charge in [-0.25, -0.2) is 4.57 Å². The third kappa shape index (κ3) is 4.13. The molecule has 0 fully saturated rings. The fourth-order valence-corrected chi connectivity index (χ4v) is 4.23. The van der Waals surface area contributed by atoms with E-state index in [1.807, 2.05) is 49.7 Å². The van der Waals surface area contributed by atoms with Crippen LogP contribution in [0, 0.1) is 0 Å². The number of fused-ring (bicyclic) bond motifs is 2. The zero-order chi connectivity index (χ0) is 22.8. The van der Waals surface area contributed by atoms with Crippen molar-refractivity contribution in [3.63, 3.8) is 0 Å². The number of benzene rings is 2. The Morgan fingerprint density at radius 1 is 0.848 bits per heavy atom. The molecule has 2 aliphatic rings. The van der Waals surface area contributed by atoms with Gasteiger partial charge in [0, 0.05) is 42.2 Å². The van der Waals surface area contributed by atoms with Gasteiger partial charge in [0.05, 0.1) is 5.39 Å². The van der Waals surface area contributed by atoms with Gasteiger partial charge in [-0.05, 0) is 47.1 Å². The van der Waals surface area contributed by atoms with Crippen LogP contribution in [0.25, 0.3) is 22.6 Å². The molecule has 33 heavy (non-hydrogen) atoms. The number of ketones is 1. The number of hydrogen-bond acceptors (Lipinski definition) is 2. The van der Waals surface area contributed by atoms with Crippen molar-refractivity contribution in [1.82, 2.24) is 0 Å². The molecule has 0 bridgehead atoms. The second kappa shape index (κ2) is 8.71. The summed E-state index contributed by atoms with van der Waals surface area (Å²) in [6.45, 7) is 0. The Labute approximate surface area is 194 Å². The minimum absolute atomic E-state index is 0.0198. The maximum Gasteiger partial charge on any atom is 0.212 e. The summed E-state index contributed by atoms with van der Waals surface area (Å²) in [5, 5.41) is 1.20. The number of anilines is 1. The third-order valence-electron chi connectivity index (χ3n) is 6.08. The van der Waals surface area contributed by atoms with Crippen LogP contribution in [0.4, 0.5) is 5.69 Å². The standard InChI is InChI=1S/C30H25N2O/c1-31-19-17-23(26-7-3-5-9-28(26)31)13-11-22-12-16-30(33)25(21-22)15-14-24-18-20-32(2)29-10-6-4-8-27(24)29/h3-21H,1-2H3/q+1. The Bertz CT molecular complexity index is 1450. The normalized spacial score (nSPS) is 17.9. The molecule has 0 amide bonds. The van der Waals surface area contributed by atoms with E-state index in [1.54, 1.807) is 6.08 Å². The molecule has 0 saturated carbocycles. The lowest BCUT2D eigenvalue weighted by atomic mass is 9.96. The van der Waals surface area contributed by atoms with E-state index in [0.717, 1.165) is 28.0 Å².